The zero-order valence-electron chi connectivity index (χ0n) is 6.57. The van der Waals surface area contributed by atoms with E-state index in [1.807, 2.05) is 0 Å². The average molecular weight is 154 g/mol. The fourth-order valence-electron chi connectivity index (χ4n) is 2.51. The SMILES string of the molecule is NC(C=O)N1C2CCC1CC2. The molecule has 0 aromatic heterocycles. The first-order valence-electron chi connectivity index (χ1n) is 4.31. The summed E-state index contributed by atoms with van der Waals surface area (Å²) in [5.74, 6) is 0. The van der Waals surface area contributed by atoms with Crippen LogP contribution in [-0.4, -0.2) is 29.4 Å². The summed E-state index contributed by atoms with van der Waals surface area (Å²) in [6.07, 6.45) is 5.49. The largest absolute Gasteiger partial charge is 0.310 e. The summed E-state index contributed by atoms with van der Waals surface area (Å²) in [4.78, 5) is 12.6. The molecular weight excluding hydrogens is 140 g/mol. The minimum absolute atomic E-state index is 0.338. The monoisotopic (exact) mass is 154 g/mol. The highest BCUT2D eigenvalue weighted by atomic mass is 16.1. The minimum Gasteiger partial charge on any atom is -0.310 e. The Labute approximate surface area is 66.5 Å². The Morgan fingerprint density at radius 3 is 2.09 bits per heavy atom. The topological polar surface area (TPSA) is 46.3 Å². The maximum absolute atomic E-state index is 10.4. The van der Waals surface area contributed by atoms with E-state index in [0.717, 1.165) is 6.29 Å². The lowest BCUT2D eigenvalue weighted by Gasteiger charge is -2.24. The Balaban J connectivity index is 2.09. The van der Waals surface area contributed by atoms with E-state index in [9.17, 15) is 4.79 Å². The molecule has 2 N–H and O–H groups in total. The fraction of sp³-hybridized carbons (Fsp3) is 0.875. The molecule has 0 spiro atoms. The van der Waals surface area contributed by atoms with Crippen LogP contribution in [0, 0.1) is 0 Å². The summed E-state index contributed by atoms with van der Waals surface area (Å²) in [7, 11) is 0. The van der Waals surface area contributed by atoms with Crippen LogP contribution in [-0.2, 0) is 4.79 Å². The van der Waals surface area contributed by atoms with Crippen molar-refractivity contribution in [3.8, 4) is 0 Å². The Morgan fingerprint density at radius 2 is 1.73 bits per heavy atom. The van der Waals surface area contributed by atoms with Crippen LogP contribution in [0.1, 0.15) is 25.7 Å². The summed E-state index contributed by atoms with van der Waals surface area (Å²) in [6, 6.07) is 1.22. The van der Waals surface area contributed by atoms with Crippen molar-refractivity contribution in [1.82, 2.24) is 4.90 Å². The van der Waals surface area contributed by atoms with Gasteiger partial charge < -0.3 is 10.5 Å². The first-order chi connectivity index (χ1) is 5.33. The third kappa shape index (κ3) is 0.993. The lowest BCUT2D eigenvalue weighted by molar-refractivity contribution is -0.112. The molecule has 2 aliphatic heterocycles. The number of nitrogens with zero attached hydrogens (tertiary/aromatic N) is 1. The van der Waals surface area contributed by atoms with E-state index in [2.05, 4.69) is 4.90 Å². The standard InChI is InChI=1S/C8H14N2O/c9-8(5-11)10-6-1-2-7(10)4-3-6/h5-8H,1-4,9H2. The van der Waals surface area contributed by atoms with Crippen LogP contribution < -0.4 is 5.73 Å². The van der Waals surface area contributed by atoms with Gasteiger partial charge in [0.25, 0.3) is 0 Å². The number of hydrogen-bond acceptors (Lipinski definition) is 3. The van der Waals surface area contributed by atoms with E-state index in [1.54, 1.807) is 0 Å². The molecule has 11 heavy (non-hydrogen) atoms. The molecule has 3 nitrogen and oxygen atoms in total. The molecule has 0 aromatic carbocycles. The van der Waals surface area contributed by atoms with E-state index in [1.165, 1.54) is 25.7 Å². The van der Waals surface area contributed by atoms with Crippen molar-refractivity contribution in [2.75, 3.05) is 0 Å². The van der Waals surface area contributed by atoms with Crippen LogP contribution in [0.25, 0.3) is 0 Å². The highest BCUT2D eigenvalue weighted by molar-refractivity contribution is 5.56. The van der Waals surface area contributed by atoms with E-state index < -0.39 is 0 Å². The van der Waals surface area contributed by atoms with Gasteiger partial charge in [0.05, 0.1) is 0 Å². The second-order valence-electron chi connectivity index (χ2n) is 3.54. The van der Waals surface area contributed by atoms with Crippen LogP contribution in [0.2, 0.25) is 0 Å². The van der Waals surface area contributed by atoms with E-state index in [0.29, 0.717) is 12.1 Å². The Hall–Kier alpha value is -0.410. The maximum atomic E-state index is 10.4. The predicted octanol–water partition coefficient (Wildman–Crippen LogP) is 0.0969. The smallest absolute Gasteiger partial charge is 0.151 e. The van der Waals surface area contributed by atoms with Crippen molar-refractivity contribution < 1.29 is 4.79 Å². The molecule has 0 radical (unpaired) electrons. The fourth-order valence-corrected chi connectivity index (χ4v) is 2.51. The lowest BCUT2D eigenvalue weighted by atomic mass is 10.0. The van der Waals surface area contributed by atoms with E-state index in [4.69, 9.17) is 5.73 Å². The van der Waals surface area contributed by atoms with Gasteiger partial charge in [-0.15, -0.1) is 0 Å². The van der Waals surface area contributed by atoms with E-state index in [-0.39, 0.29) is 6.17 Å². The number of rotatable bonds is 2. The molecule has 2 aliphatic rings. The van der Waals surface area contributed by atoms with Crippen LogP contribution in [0.5, 0.6) is 0 Å². The van der Waals surface area contributed by atoms with Gasteiger partial charge in [0.15, 0.2) is 6.29 Å². The average Bonchev–Trinajstić information content (AvgIpc) is 2.61. The highest BCUT2D eigenvalue weighted by Gasteiger charge is 2.41. The van der Waals surface area contributed by atoms with Crippen LogP contribution in [0.3, 0.4) is 0 Å². The zero-order valence-corrected chi connectivity index (χ0v) is 6.57. The lowest BCUT2D eigenvalue weighted by Crippen LogP contribution is -2.45. The van der Waals surface area contributed by atoms with Gasteiger partial charge in [0.2, 0.25) is 0 Å². The summed E-state index contributed by atoms with van der Waals surface area (Å²) < 4.78 is 0. The molecule has 0 saturated carbocycles. The Bertz CT molecular complexity index is 151. The van der Waals surface area contributed by atoms with Gasteiger partial charge in [-0.1, -0.05) is 0 Å². The summed E-state index contributed by atoms with van der Waals surface area (Å²) in [5, 5.41) is 0. The highest BCUT2D eigenvalue weighted by Crippen LogP contribution is 2.37. The van der Waals surface area contributed by atoms with Crippen molar-refractivity contribution in [3.63, 3.8) is 0 Å². The molecule has 1 unspecified atom stereocenters. The molecule has 1 atom stereocenters. The summed E-state index contributed by atoms with van der Waals surface area (Å²) in [6.45, 7) is 0. The molecule has 3 heteroatoms. The second-order valence-corrected chi connectivity index (χ2v) is 3.54. The second kappa shape index (κ2) is 2.57. The molecular formula is C8H14N2O. The third-order valence-corrected chi connectivity index (χ3v) is 2.99. The Morgan fingerprint density at radius 1 is 1.27 bits per heavy atom. The molecule has 0 aliphatic carbocycles. The minimum atomic E-state index is -0.338. The predicted molar refractivity (Wildman–Crippen MR) is 41.9 cm³/mol. The zero-order chi connectivity index (χ0) is 7.84. The Kier molecular flexibility index (Phi) is 1.69. The molecule has 2 bridgehead atoms. The van der Waals surface area contributed by atoms with Crippen LogP contribution in [0.15, 0.2) is 0 Å². The molecule has 2 heterocycles. The number of hydrogen-bond donors (Lipinski definition) is 1. The molecule has 2 saturated heterocycles. The molecule has 2 fully saturated rings. The van der Waals surface area contributed by atoms with Crippen molar-refractivity contribution >= 4 is 6.29 Å². The van der Waals surface area contributed by atoms with Crippen molar-refractivity contribution in [2.45, 2.75) is 43.9 Å². The molecule has 0 aromatic rings. The normalized spacial score (nSPS) is 39.4. The van der Waals surface area contributed by atoms with Gasteiger partial charge >= 0.3 is 0 Å². The van der Waals surface area contributed by atoms with Gasteiger partial charge in [-0.2, -0.15) is 0 Å². The number of fused-ring (bicyclic) bond motifs is 2. The molecule has 0 amide bonds. The van der Waals surface area contributed by atoms with Crippen LogP contribution >= 0.6 is 0 Å². The summed E-state index contributed by atoms with van der Waals surface area (Å²) >= 11 is 0. The van der Waals surface area contributed by atoms with Crippen molar-refractivity contribution in [1.29, 1.82) is 0 Å². The van der Waals surface area contributed by atoms with E-state index >= 15 is 0 Å². The third-order valence-electron chi connectivity index (χ3n) is 2.99. The quantitative estimate of drug-likeness (QED) is 0.574. The van der Waals surface area contributed by atoms with Gasteiger partial charge in [-0.3, -0.25) is 4.90 Å². The first kappa shape index (κ1) is 7.25. The van der Waals surface area contributed by atoms with Crippen LogP contribution in [0.4, 0.5) is 0 Å². The van der Waals surface area contributed by atoms with Crippen molar-refractivity contribution in [3.05, 3.63) is 0 Å². The summed E-state index contributed by atoms with van der Waals surface area (Å²) in [5.41, 5.74) is 5.66. The molecule has 62 valence electrons. The number of nitrogens with two attached hydrogens (primary N) is 1. The van der Waals surface area contributed by atoms with Crippen molar-refractivity contribution in [2.24, 2.45) is 5.73 Å². The van der Waals surface area contributed by atoms with Gasteiger partial charge in [0, 0.05) is 12.1 Å². The van der Waals surface area contributed by atoms with Gasteiger partial charge in [-0.25, -0.2) is 0 Å². The first-order valence-corrected chi connectivity index (χ1v) is 4.31. The number of aldehydes is 1. The maximum Gasteiger partial charge on any atom is 0.151 e. The van der Waals surface area contributed by atoms with Gasteiger partial charge in [-0.05, 0) is 25.7 Å². The molecule has 2 rings (SSSR count). The number of carbonyl (C=O) groups excluding carboxylic acids is 1. The van der Waals surface area contributed by atoms with Gasteiger partial charge in [0.1, 0.15) is 6.17 Å². The number of carbonyl (C=O) groups is 1.